The Morgan fingerprint density at radius 3 is 2.24 bits per heavy atom. The lowest BCUT2D eigenvalue weighted by molar-refractivity contribution is -0.135. The molecular formula is C16H24BN3O7S2. The monoisotopic (exact) mass is 445 g/mol. The van der Waals surface area contributed by atoms with Crippen LogP contribution in [0.1, 0.15) is 12.8 Å². The molecule has 2 aliphatic rings. The van der Waals surface area contributed by atoms with Crippen LogP contribution in [0.15, 0.2) is 34.1 Å². The molecule has 2 saturated heterocycles. The third-order valence-corrected chi connectivity index (χ3v) is 8.44. The first-order valence-electron chi connectivity index (χ1n) is 9.15. The number of amides is 1. The van der Waals surface area contributed by atoms with E-state index >= 15 is 0 Å². The second-order valence-corrected chi connectivity index (χ2v) is 11.4. The number of carbonyl (C=O) groups is 1. The van der Waals surface area contributed by atoms with Gasteiger partial charge in [0.25, 0.3) is 0 Å². The number of hydrogen-bond donors (Lipinski definition) is 3. The van der Waals surface area contributed by atoms with E-state index in [1.807, 2.05) is 0 Å². The van der Waals surface area contributed by atoms with Crippen LogP contribution in [-0.2, 0) is 24.7 Å². The molecule has 1 aromatic rings. The fourth-order valence-corrected chi connectivity index (χ4v) is 5.98. The van der Waals surface area contributed by atoms with E-state index in [2.05, 4.69) is 0 Å². The van der Waals surface area contributed by atoms with Gasteiger partial charge in [-0.1, -0.05) is 0 Å². The maximum atomic E-state index is 12.9. The van der Waals surface area contributed by atoms with Crippen LogP contribution in [0.4, 0.5) is 0 Å². The van der Waals surface area contributed by atoms with Gasteiger partial charge in [0.1, 0.15) is 0 Å². The van der Waals surface area contributed by atoms with Crippen molar-refractivity contribution in [1.29, 1.82) is 0 Å². The summed E-state index contributed by atoms with van der Waals surface area (Å²) in [4.78, 5) is 14.2. The van der Waals surface area contributed by atoms with Crippen molar-refractivity contribution in [3.63, 3.8) is 0 Å². The van der Waals surface area contributed by atoms with Crippen LogP contribution >= 0.6 is 0 Å². The second-order valence-electron chi connectivity index (χ2n) is 7.49. The Kier molecular flexibility index (Phi) is 6.09. The minimum absolute atomic E-state index is 0.00487. The smallest absolute Gasteiger partial charge is 0.426 e. The number of nitrogens with two attached hydrogens (primary N) is 1. The number of nitrogens with zero attached hydrogens (tertiary/aromatic N) is 2. The molecule has 0 bridgehead atoms. The average molecular weight is 445 g/mol. The molecule has 13 heteroatoms. The lowest BCUT2D eigenvalue weighted by Crippen LogP contribution is -2.50. The molecule has 3 rings (SSSR count). The van der Waals surface area contributed by atoms with Gasteiger partial charge in [0, 0.05) is 31.9 Å². The zero-order chi connectivity index (χ0) is 21.6. The van der Waals surface area contributed by atoms with E-state index in [9.17, 15) is 31.7 Å². The zero-order valence-corrected chi connectivity index (χ0v) is 17.5. The summed E-state index contributed by atoms with van der Waals surface area (Å²) in [5.74, 6) is -1.90. The van der Waals surface area contributed by atoms with Gasteiger partial charge >= 0.3 is 7.12 Å². The number of sulfonamides is 1. The molecule has 0 spiro atoms. The number of rotatable bonds is 5. The van der Waals surface area contributed by atoms with E-state index in [0.29, 0.717) is 19.4 Å². The molecular weight excluding hydrogens is 421 g/mol. The number of sulfone groups is 1. The fourth-order valence-electron chi connectivity index (χ4n) is 3.85. The van der Waals surface area contributed by atoms with Gasteiger partial charge in [-0.3, -0.25) is 4.79 Å². The standard InChI is InChI=1S/C16H24BN3O7S2/c1-28(24,25)11-4-6-12(7-5-11)29(26,27)19-9-13(14(18)10-19)16(21)20-8-2-3-15(20)17(22)23/h4-7,13-15,22-23H,2-3,8-10,18H2,1H3/t13-,14+,15+/m1/s1. The van der Waals surface area contributed by atoms with Crippen molar-refractivity contribution in [3.05, 3.63) is 24.3 Å². The molecule has 0 aliphatic carbocycles. The molecule has 1 amide bonds. The van der Waals surface area contributed by atoms with Crippen molar-refractivity contribution in [2.45, 2.75) is 34.6 Å². The highest BCUT2D eigenvalue weighted by atomic mass is 32.2. The second kappa shape index (κ2) is 7.97. The topological polar surface area (TPSA) is 158 Å². The van der Waals surface area contributed by atoms with Crippen LogP contribution in [0.2, 0.25) is 0 Å². The molecule has 0 unspecified atom stereocenters. The van der Waals surface area contributed by atoms with Crippen molar-refractivity contribution in [2.75, 3.05) is 25.9 Å². The summed E-state index contributed by atoms with van der Waals surface area (Å²) < 4.78 is 50.1. The van der Waals surface area contributed by atoms with E-state index in [0.717, 1.165) is 10.6 Å². The summed E-state index contributed by atoms with van der Waals surface area (Å²) in [6, 6.07) is 4.14. The van der Waals surface area contributed by atoms with Crippen molar-refractivity contribution < 1.29 is 31.7 Å². The molecule has 2 aliphatic heterocycles. The Balaban J connectivity index is 1.78. The van der Waals surface area contributed by atoms with Crippen molar-refractivity contribution in [2.24, 2.45) is 11.7 Å². The fraction of sp³-hybridized carbons (Fsp3) is 0.562. The summed E-state index contributed by atoms with van der Waals surface area (Å²) in [6.45, 7) is 0.178. The summed E-state index contributed by atoms with van der Waals surface area (Å²) in [5, 5.41) is 18.9. The van der Waals surface area contributed by atoms with Crippen LogP contribution in [-0.4, -0.2) is 87.0 Å². The summed E-state index contributed by atoms with van der Waals surface area (Å²) >= 11 is 0. The molecule has 0 aromatic heterocycles. The summed E-state index contributed by atoms with van der Waals surface area (Å²) in [6.07, 6.45) is 2.12. The number of likely N-dealkylation sites (tertiary alicyclic amines) is 1. The van der Waals surface area contributed by atoms with Gasteiger partial charge in [-0.05, 0) is 37.1 Å². The van der Waals surface area contributed by atoms with Crippen LogP contribution in [0.25, 0.3) is 0 Å². The van der Waals surface area contributed by atoms with Crippen molar-refractivity contribution in [1.82, 2.24) is 9.21 Å². The normalized spacial score (nSPS) is 26.1. The molecule has 3 atom stereocenters. The largest absolute Gasteiger partial charge is 0.475 e. The number of benzene rings is 1. The SMILES string of the molecule is CS(=O)(=O)c1ccc(S(=O)(=O)N2C[C@H](N)[C@H](C(=O)N3CCC[C@H]3B(O)O)C2)cc1. The van der Waals surface area contributed by atoms with E-state index in [1.54, 1.807) is 0 Å². The van der Waals surface area contributed by atoms with Crippen LogP contribution < -0.4 is 5.73 Å². The predicted octanol–water partition coefficient (Wildman–Crippen LogP) is -1.96. The number of carbonyl (C=O) groups excluding carboxylic acids is 1. The van der Waals surface area contributed by atoms with Crippen LogP contribution in [0, 0.1) is 5.92 Å². The van der Waals surface area contributed by atoms with Gasteiger partial charge in [-0.25, -0.2) is 16.8 Å². The van der Waals surface area contributed by atoms with Crippen LogP contribution in [0.3, 0.4) is 0 Å². The Morgan fingerprint density at radius 2 is 1.69 bits per heavy atom. The Labute approximate surface area is 170 Å². The minimum Gasteiger partial charge on any atom is -0.426 e. The molecule has 0 radical (unpaired) electrons. The number of hydrogen-bond acceptors (Lipinski definition) is 8. The highest BCUT2D eigenvalue weighted by Crippen LogP contribution is 2.28. The Bertz CT molecular complexity index is 982. The van der Waals surface area contributed by atoms with Crippen molar-refractivity contribution >= 4 is 32.9 Å². The maximum Gasteiger partial charge on any atom is 0.475 e. The Morgan fingerprint density at radius 1 is 1.10 bits per heavy atom. The van der Waals surface area contributed by atoms with Gasteiger partial charge in [-0.2, -0.15) is 4.31 Å². The molecule has 2 fully saturated rings. The highest BCUT2D eigenvalue weighted by molar-refractivity contribution is 7.90. The van der Waals surface area contributed by atoms with E-state index in [4.69, 9.17) is 5.73 Å². The van der Waals surface area contributed by atoms with Crippen molar-refractivity contribution in [3.8, 4) is 0 Å². The van der Waals surface area contributed by atoms with Crippen LogP contribution in [0.5, 0.6) is 0 Å². The summed E-state index contributed by atoms with van der Waals surface area (Å²) in [7, 11) is -9.08. The summed E-state index contributed by atoms with van der Waals surface area (Å²) in [5.41, 5.74) is 6.06. The lowest BCUT2D eigenvalue weighted by atomic mass is 9.77. The van der Waals surface area contributed by atoms with Gasteiger partial charge in [-0.15, -0.1) is 0 Å². The van der Waals surface area contributed by atoms with Gasteiger partial charge in [0.15, 0.2) is 9.84 Å². The third-order valence-electron chi connectivity index (χ3n) is 5.46. The predicted molar refractivity (Wildman–Crippen MR) is 105 cm³/mol. The van der Waals surface area contributed by atoms with E-state index in [-0.39, 0.29) is 22.9 Å². The lowest BCUT2D eigenvalue weighted by Gasteiger charge is -2.28. The zero-order valence-electron chi connectivity index (χ0n) is 15.9. The van der Waals surface area contributed by atoms with E-state index in [1.165, 1.54) is 29.2 Å². The van der Waals surface area contributed by atoms with Gasteiger partial charge in [0.05, 0.1) is 21.7 Å². The molecule has 160 valence electrons. The first-order valence-corrected chi connectivity index (χ1v) is 12.5. The molecule has 0 saturated carbocycles. The first kappa shape index (κ1) is 22.2. The van der Waals surface area contributed by atoms with Gasteiger partial charge < -0.3 is 20.7 Å². The maximum absolute atomic E-state index is 12.9. The average Bonchev–Trinajstić information content (AvgIpc) is 3.27. The Hall–Kier alpha value is -1.51. The molecule has 2 heterocycles. The van der Waals surface area contributed by atoms with Gasteiger partial charge in [0.2, 0.25) is 15.9 Å². The molecule has 4 N–H and O–H groups in total. The first-order chi connectivity index (χ1) is 13.4. The molecule has 29 heavy (non-hydrogen) atoms. The third kappa shape index (κ3) is 4.34. The highest BCUT2D eigenvalue weighted by Gasteiger charge is 2.46. The quantitative estimate of drug-likeness (QED) is 0.441. The minimum atomic E-state index is -3.96. The van der Waals surface area contributed by atoms with E-state index < -0.39 is 50.8 Å². The molecule has 10 nitrogen and oxygen atoms in total. The molecule has 1 aromatic carbocycles.